The minimum atomic E-state index is -0.515. The fourth-order valence-electron chi connectivity index (χ4n) is 1.65. The van der Waals surface area contributed by atoms with Crippen molar-refractivity contribution in [2.24, 2.45) is 5.73 Å². The van der Waals surface area contributed by atoms with Crippen LogP contribution >= 0.6 is 11.3 Å². The molecular formula is C14H13N2O2S. The van der Waals surface area contributed by atoms with Crippen molar-refractivity contribution in [3.05, 3.63) is 42.0 Å². The smallest absolute Gasteiger partial charge is 0.251 e. The lowest BCUT2D eigenvalue weighted by Gasteiger charge is -2.06. The third kappa shape index (κ3) is 3.00. The summed E-state index contributed by atoms with van der Waals surface area (Å²) in [5.74, 6) is -0.515. The number of primary amides is 1. The summed E-state index contributed by atoms with van der Waals surface area (Å²) in [7, 11) is 0. The van der Waals surface area contributed by atoms with E-state index in [0.29, 0.717) is 10.6 Å². The van der Waals surface area contributed by atoms with Gasteiger partial charge in [0.05, 0.1) is 11.6 Å². The van der Waals surface area contributed by atoms with Crippen LogP contribution in [0.25, 0.3) is 10.4 Å². The van der Waals surface area contributed by atoms with Crippen molar-refractivity contribution in [2.75, 3.05) is 5.32 Å². The molecule has 1 unspecified atom stereocenters. The lowest BCUT2D eigenvalue weighted by molar-refractivity contribution is 0.100. The number of hydrogen-bond donors (Lipinski definition) is 2. The Bertz CT molecular complexity index is 593. The number of rotatable bonds is 5. The topological polar surface area (TPSA) is 72.2 Å². The molecule has 1 radical (unpaired) electrons. The molecule has 0 aliphatic rings. The van der Waals surface area contributed by atoms with Crippen LogP contribution in [-0.4, -0.2) is 18.2 Å². The zero-order chi connectivity index (χ0) is 13.8. The van der Waals surface area contributed by atoms with Gasteiger partial charge < -0.3 is 11.1 Å². The van der Waals surface area contributed by atoms with Gasteiger partial charge in [0.1, 0.15) is 5.00 Å². The highest BCUT2D eigenvalue weighted by molar-refractivity contribution is 7.19. The van der Waals surface area contributed by atoms with E-state index in [1.807, 2.05) is 36.6 Å². The molecule has 1 atom stereocenters. The summed E-state index contributed by atoms with van der Waals surface area (Å²) in [6, 6.07) is 10.9. The molecule has 4 nitrogen and oxygen atoms in total. The molecule has 1 amide bonds. The molecule has 1 aromatic carbocycles. The molecule has 2 aromatic rings. The van der Waals surface area contributed by atoms with E-state index in [9.17, 15) is 9.59 Å². The lowest BCUT2D eigenvalue weighted by Crippen LogP contribution is -2.19. The molecule has 19 heavy (non-hydrogen) atoms. The van der Waals surface area contributed by atoms with Crippen molar-refractivity contribution in [3.8, 4) is 10.4 Å². The van der Waals surface area contributed by atoms with Crippen LogP contribution in [0.5, 0.6) is 0 Å². The van der Waals surface area contributed by atoms with Crippen LogP contribution in [0.15, 0.2) is 36.4 Å². The Hall–Kier alpha value is -2.14. The van der Waals surface area contributed by atoms with Crippen LogP contribution in [0, 0.1) is 0 Å². The van der Waals surface area contributed by atoms with Crippen molar-refractivity contribution < 1.29 is 9.59 Å². The van der Waals surface area contributed by atoms with Crippen LogP contribution in [0.2, 0.25) is 0 Å². The SMILES string of the molecule is CC([C]=O)Nc1sc(-c2ccccc2)cc1C(N)=O. The minimum absolute atomic E-state index is 0.394. The molecule has 0 saturated heterocycles. The number of nitrogens with two attached hydrogens (primary N) is 1. The zero-order valence-corrected chi connectivity index (χ0v) is 11.2. The molecule has 3 N–H and O–H groups in total. The molecule has 0 fully saturated rings. The Morgan fingerprint density at radius 2 is 2.05 bits per heavy atom. The summed E-state index contributed by atoms with van der Waals surface area (Å²) >= 11 is 1.39. The normalized spacial score (nSPS) is 11.8. The first-order valence-corrected chi connectivity index (χ1v) is 6.56. The maximum absolute atomic E-state index is 11.4. The van der Waals surface area contributed by atoms with Gasteiger partial charge in [0.15, 0.2) is 0 Å². The number of anilines is 1. The maximum Gasteiger partial charge on any atom is 0.251 e. The molecule has 0 aliphatic carbocycles. The molecule has 0 saturated carbocycles. The van der Waals surface area contributed by atoms with Gasteiger partial charge in [-0.2, -0.15) is 0 Å². The van der Waals surface area contributed by atoms with E-state index >= 15 is 0 Å². The largest absolute Gasteiger partial charge is 0.366 e. The van der Waals surface area contributed by atoms with Crippen molar-refractivity contribution in [2.45, 2.75) is 13.0 Å². The third-order valence-electron chi connectivity index (χ3n) is 2.58. The predicted molar refractivity (Wildman–Crippen MR) is 77.1 cm³/mol. The highest BCUT2D eigenvalue weighted by Gasteiger charge is 2.16. The van der Waals surface area contributed by atoms with Crippen molar-refractivity contribution >= 4 is 28.5 Å². The Labute approximate surface area is 115 Å². The minimum Gasteiger partial charge on any atom is -0.366 e. The molecule has 0 spiro atoms. The average Bonchev–Trinajstić information content (AvgIpc) is 2.83. The summed E-state index contributed by atoms with van der Waals surface area (Å²) in [6.07, 6.45) is 1.82. The van der Waals surface area contributed by atoms with E-state index in [0.717, 1.165) is 10.4 Å². The van der Waals surface area contributed by atoms with Crippen LogP contribution in [-0.2, 0) is 4.79 Å². The van der Waals surface area contributed by atoms with Crippen molar-refractivity contribution in [1.29, 1.82) is 0 Å². The predicted octanol–water partition coefficient (Wildman–Crippen LogP) is 2.42. The van der Waals surface area contributed by atoms with Crippen LogP contribution in [0.4, 0.5) is 5.00 Å². The van der Waals surface area contributed by atoms with Crippen molar-refractivity contribution in [1.82, 2.24) is 0 Å². The molecule has 1 heterocycles. The Balaban J connectivity index is 2.40. The summed E-state index contributed by atoms with van der Waals surface area (Å²) < 4.78 is 0. The molecule has 1 aromatic heterocycles. The Kier molecular flexibility index (Phi) is 3.97. The first-order valence-electron chi connectivity index (χ1n) is 5.75. The van der Waals surface area contributed by atoms with E-state index in [-0.39, 0.29) is 0 Å². The molecule has 2 rings (SSSR count). The van der Waals surface area contributed by atoms with E-state index < -0.39 is 11.9 Å². The number of nitrogens with one attached hydrogen (secondary N) is 1. The van der Waals surface area contributed by atoms with E-state index in [4.69, 9.17) is 5.73 Å². The summed E-state index contributed by atoms with van der Waals surface area (Å²) in [4.78, 5) is 22.9. The highest BCUT2D eigenvalue weighted by atomic mass is 32.1. The Morgan fingerprint density at radius 1 is 1.37 bits per heavy atom. The summed E-state index contributed by atoms with van der Waals surface area (Å²) in [5.41, 5.74) is 6.75. The fourth-order valence-corrected chi connectivity index (χ4v) is 2.81. The molecule has 0 aliphatic heterocycles. The van der Waals surface area contributed by atoms with Crippen LogP contribution in [0.3, 0.4) is 0 Å². The number of carbonyl (C=O) groups excluding carboxylic acids is 2. The second-order valence-corrected chi connectivity index (χ2v) is 5.12. The number of carbonyl (C=O) groups is 1. The van der Waals surface area contributed by atoms with Gasteiger partial charge in [0.25, 0.3) is 5.91 Å². The van der Waals surface area contributed by atoms with E-state index in [1.165, 1.54) is 11.3 Å². The number of benzene rings is 1. The average molecular weight is 273 g/mol. The standard InChI is InChI=1S/C14H13N2O2S/c1-9(8-17)16-14-11(13(15)18)7-12(19-14)10-5-3-2-4-6-10/h2-7,9,16H,1H3,(H2,15,18). The maximum atomic E-state index is 11.4. The van der Waals surface area contributed by atoms with Gasteiger partial charge in [0, 0.05) is 4.88 Å². The number of hydrogen-bond acceptors (Lipinski definition) is 4. The van der Waals surface area contributed by atoms with E-state index in [1.54, 1.807) is 13.0 Å². The zero-order valence-electron chi connectivity index (χ0n) is 10.3. The fraction of sp³-hybridized carbons (Fsp3) is 0.143. The first kappa shape index (κ1) is 13.3. The second kappa shape index (κ2) is 5.67. The van der Waals surface area contributed by atoms with Gasteiger partial charge in [0.2, 0.25) is 6.29 Å². The van der Waals surface area contributed by atoms with E-state index in [2.05, 4.69) is 5.32 Å². The van der Waals surface area contributed by atoms with Gasteiger partial charge >= 0.3 is 0 Å². The highest BCUT2D eigenvalue weighted by Crippen LogP contribution is 2.35. The van der Waals surface area contributed by atoms with Crippen molar-refractivity contribution in [3.63, 3.8) is 0 Å². The summed E-state index contributed by atoms with van der Waals surface area (Å²) in [5, 5.41) is 3.52. The molecule has 0 bridgehead atoms. The quantitative estimate of drug-likeness (QED) is 0.878. The van der Waals surface area contributed by atoms with Gasteiger partial charge in [-0.3, -0.25) is 9.59 Å². The van der Waals surface area contributed by atoms with Gasteiger partial charge in [-0.05, 0) is 18.6 Å². The number of thiophene rings is 1. The van der Waals surface area contributed by atoms with Gasteiger partial charge in [-0.25, -0.2) is 0 Å². The second-order valence-electron chi connectivity index (χ2n) is 4.07. The third-order valence-corrected chi connectivity index (χ3v) is 3.70. The lowest BCUT2D eigenvalue weighted by atomic mass is 10.1. The number of amides is 1. The van der Waals surface area contributed by atoms with Crippen LogP contribution < -0.4 is 11.1 Å². The molecular weight excluding hydrogens is 260 g/mol. The Morgan fingerprint density at radius 3 is 2.63 bits per heavy atom. The van der Waals surface area contributed by atoms with Gasteiger partial charge in [-0.15, -0.1) is 11.3 Å². The molecule has 5 heteroatoms. The van der Waals surface area contributed by atoms with Crippen LogP contribution in [0.1, 0.15) is 17.3 Å². The monoisotopic (exact) mass is 273 g/mol. The summed E-state index contributed by atoms with van der Waals surface area (Å²) in [6.45, 7) is 1.67. The first-order chi connectivity index (χ1) is 9.11. The molecule has 97 valence electrons. The van der Waals surface area contributed by atoms with Gasteiger partial charge in [-0.1, -0.05) is 30.3 Å².